The van der Waals surface area contributed by atoms with Crippen molar-refractivity contribution in [3.63, 3.8) is 0 Å². The maximum absolute atomic E-state index is 2.12. The minimum absolute atomic E-state index is 0. The van der Waals surface area contributed by atoms with E-state index in [0.717, 1.165) is 0 Å². The van der Waals surface area contributed by atoms with Crippen molar-refractivity contribution in [1.29, 1.82) is 0 Å². The third-order valence-corrected chi connectivity index (χ3v) is 1.66. The Morgan fingerprint density at radius 2 is 0.909 bits per heavy atom. The average Bonchev–Trinajstić information content (AvgIpc) is 2.05. The first kappa shape index (κ1) is 9.84. The second kappa shape index (κ2) is 4.70. The molecule has 0 spiro atoms. The van der Waals surface area contributed by atoms with E-state index < -0.39 is 0 Å². The maximum atomic E-state index is 2.12. The van der Waals surface area contributed by atoms with Crippen LogP contribution in [0.3, 0.4) is 0 Å². The first-order valence-corrected chi connectivity index (χ1v) is 3.40. The van der Waals surface area contributed by atoms with Crippen LogP contribution in [0.15, 0.2) is 48.5 Å². The molecule has 11 heavy (non-hydrogen) atoms. The van der Waals surface area contributed by atoms with Gasteiger partial charge in [0.15, 0.2) is 0 Å². The van der Waals surface area contributed by atoms with E-state index in [-0.39, 0.29) is 70.3 Å². The first-order chi connectivity index (χ1) is 4.97. The SMILES string of the molecule is [Cs+].[H-].c1ccc2ccccc2c1. The van der Waals surface area contributed by atoms with Crippen molar-refractivity contribution in [1.82, 2.24) is 0 Å². The number of hydrogen-bond acceptors (Lipinski definition) is 0. The normalized spacial score (nSPS) is 9.09. The van der Waals surface area contributed by atoms with E-state index in [1.54, 1.807) is 0 Å². The fraction of sp³-hybridized carbons (Fsp3) is 0. The van der Waals surface area contributed by atoms with Crippen LogP contribution in [0.1, 0.15) is 1.43 Å². The predicted molar refractivity (Wildman–Crippen MR) is 45.1 cm³/mol. The number of hydrogen-bond donors (Lipinski definition) is 0. The van der Waals surface area contributed by atoms with E-state index in [0.29, 0.717) is 0 Å². The molecule has 0 N–H and O–H groups in total. The predicted octanol–water partition coefficient (Wildman–Crippen LogP) is -0.0437. The van der Waals surface area contributed by atoms with Gasteiger partial charge in [0.25, 0.3) is 0 Å². The summed E-state index contributed by atoms with van der Waals surface area (Å²) in [5, 5.41) is 2.62. The van der Waals surface area contributed by atoms with Gasteiger partial charge in [0, 0.05) is 0 Å². The molecule has 0 saturated carbocycles. The molecule has 2 rings (SSSR count). The van der Waals surface area contributed by atoms with Gasteiger partial charge >= 0.3 is 68.9 Å². The third kappa shape index (κ3) is 2.34. The molecule has 0 amide bonds. The maximum Gasteiger partial charge on any atom is 1.00 e. The fourth-order valence-electron chi connectivity index (χ4n) is 1.13. The average molecular weight is 262 g/mol. The van der Waals surface area contributed by atoms with Gasteiger partial charge in [-0.1, -0.05) is 48.5 Å². The van der Waals surface area contributed by atoms with Crippen molar-refractivity contribution in [3.05, 3.63) is 48.5 Å². The quantitative estimate of drug-likeness (QED) is 0.625. The summed E-state index contributed by atoms with van der Waals surface area (Å²) in [6, 6.07) is 16.7. The number of rotatable bonds is 0. The molecule has 0 bridgehead atoms. The summed E-state index contributed by atoms with van der Waals surface area (Å²) in [4.78, 5) is 0. The summed E-state index contributed by atoms with van der Waals surface area (Å²) in [5.41, 5.74) is 0. The Balaban J connectivity index is 0.000000605. The van der Waals surface area contributed by atoms with Crippen LogP contribution in [-0.4, -0.2) is 0 Å². The Morgan fingerprint density at radius 3 is 1.18 bits per heavy atom. The molecule has 50 valence electrons. The van der Waals surface area contributed by atoms with E-state index in [4.69, 9.17) is 0 Å². The Bertz CT molecular complexity index is 281. The zero-order valence-electron chi connectivity index (χ0n) is 7.62. The molecule has 2 aromatic rings. The zero-order valence-corrected chi connectivity index (χ0v) is 12.9. The van der Waals surface area contributed by atoms with Crippen molar-refractivity contribution in [2.45, 2.75) is 0 Å². The van der Waals surface area contributed by atoms with Crippen LogP contribution in [0, 0.1) is 0 Å². The summed E-state index contributed by atoms with van der Waals surface area (Å²) in [5.74, 6) is 0. The van der Waals surface area contributed by atoms with Gasteiger partial charge in [-0.05, 0) is 10.8 Å². The summed E-state index contributed by atoms with van der Waals surface area (Å²) in [7, 11) is 0. The molecule has 0 aliphatic rings. The molecule has 0 nitrogen and oxygen atoms in total. The fourth-order valence-corrected chi connectivity index (χ4v) is 1.13. The van der Waals surface area contributed by atoms with Crippen molar-refractivity contribution < 1.29 is 70.3 Å². The molecule has 1 heteroatoms. The molecule has 0 radical (unpaired) electrons. The summed E-state index contributed by atoms with van der Waals surface area (Å²) < 4.78 is 0. The molecule has 0 atom stereocenters. The second-order valence-corrected chi connectivity index (χ2v) is 2.35. The van der Waals surface area contributed by atoms with Gasteiger partial charge in [0.2, 0.25) is 0 Å². The van der Waals surface area contributed by atoms with Gasteiger partial charge in [-0.2, -0.15) is 0 Å². The summed E-state index contributed by atoms with van der Waals surface area (Å²) in [6.07, 6.45) is 0. The van der Waals surface area contributed by atoms with Gasteiger partial charge in [0.1, 0.15) is 0 Å². The van der Waals surface area contributed by atoms with Crippen molar-refractivity contribution >= 4 is 10.8 Å². The van der Waals surface area contributed by atoms with Crippen LogP contribution in [0.25, 0.3) is 10.8 Å². The van der Waals surface area contributed by atoms with Gasteiger partial charge in [-0.25, -0.2) is 0 Å². The minimum atomic E-state index is 0. The van der Waals surface area contributed by atoms with E-state index in [1.807, 2.05) is 0 Å². The third-order valence-electron chi connectivity index (χ3n) is 1.66. The molecule has 0 saturated heterocycles. The van der Waals surface area contributed by atoms with E-state index >= 15 is 0 Å². The largest absolute Gasteiger partial charge is 1.00 e. The molecular formula is C10H9Cs. The van der Waals surface area contributed by atoms with Crippen LogP contribution in [-0.2, 0) is 0 Å². The van der Waals surface area contributed by atoms with Crippen molar-refractivity contribution in [2.24, 2.45) is 0 Å². The standard InChI is InChI=1S/C10H8.Cs.H/c1-2-6-10-8-4-3-7-9(10)5-1;;/h1-8H;;/q;+1;-1. The summed E-state index contributed by atoms with van der Waals surface area (Å²) >= 11 is 0. The van der Waals surface area contributed by atoms with Crippen LogP contribution in [0.2, 0.25) is 0 Å². The van der Waals surface area contributed by atoms with Gasteiger partial charge in [-0.15, -0.1) is 0 Å². The smallest absolute Gasteiger partial charge is 1.00 e. The van der Waals surface area contributed by atoms with Gasteiger partial charge < -0.3 is 1.43 Å². The Hall–Kier alpha value is 0.752. The minimum Gasteiger partial charge on any atom is -1.00 e. The van der Waals surface area contributed by atoms with Crippen molar-refractivity contribution in [3.8, 4) is 0 Å². The Kier molecular flexibility index (Phi) is 4.20. The van der Waals surface area contributed by atoms with Crippen LogP contribution in [0.4, 0.5) is 0 Å². The molecular weight excluding hydrogens is 253 g/mol. The second-order valence-electron chi connectivity index (χ2n) is 2.35. The van der Waals surface area contributed by atoms with E-state index in [1.165, 1.54) is 10.8 Å². The van der Waals surface area contributed by atoms with Gasteiger partial charge in [-0.3, -0.25) is 0 Å². The summed E-state index contributed by atoms with van der Waals surface area (Å²) in [6.45, 7) is 0. The van der Waals surface area contributed by atoms with Crippen LogP contribution in [0.5, 0.6) is 0 Å². The van der Waals surface area contributed by atoms with Crippen molar-refractivity contribution in [2.75, 3.05) is 0 Å². The van der Waals surface area contributed by atoms with Crippen LogP contribution >= 0.6 is 0 Å². The molecule has 0 unspecified atom stereocenters. The molecule has 0 aromatic heterocycles. The zero-order chi connectivity index (χ0) is 6.81. The first-order valence-electron chi connectivity index (χ1n) is 3.40. The molecule has 0 aliphatic heterocycles. The molecule has 0 aliphatic carbocycles. The Morgan fingerprint density at radius 1 is 0.636 bits per heavy atom. The topological polar surface area (TPSA) is 0 Å². The van der Waals surface area contributed by atoms with Crippen LogP contribution < -0.4 is 68.9 Å². The molecule has 0 heterocycles. The van der Waals surface area contributed by atoms with E-state index in [2.05, 4.69) is 48.5 Å². The molecule has 2 aromatic carbocycles. The molecule has 0 fully saturated rings. The van der Waals surface area contributed by atoms with E-state index in [9.17, 15) is 0 Å². The Labute approximate surface area is 127 Å². The number of fused-ring (bicyclic) bond motifs is 1. The monoisotopic (exact) mass is 262 g/mol. The van der Waals surface area contributed by atoms with Gasteiger partial charge in [0.05, 0.1) is 0 Å². The number of benzene rings is 2.